The molecule has 0 bridgehead atoms. The molecule has 0 aliphatic rings. The van der Waals surface area contributed by atoms with E-state index in [1.54, 1.807) is 0 Å². The molecule has 0 aromatic heterocycles. The number of hydrogen-bond acceptors (Lipinski definition) is 1. The summed E-state index contributed by atoms with van der Waals surface area (Å²) in [5.41, 5.74) is 0.452. The highest BCUT2D eigenvalue weighted by Crippen LogP contribution is 2.12. The molecular formula is C10H10F5N. The van der Waals surface area contributed by atoms with Gasteiger partial charge in [-0.25, -0.2) is 8.78 Å². The zero-order valence-corrected chi connectivity index (χ0v) is 8.24. The maximum atomic E-state index is 12.7. The van der Waals surface area contributed by atoms with Crippen LogP contribution in [-0.2, 0) is 6.42 Å². The Morgan fingerprint density at radius 1 is 1.06 bits per heavy atom. The Bertz CT molecular complexity index is 348. The fourth-order valence-electron chi connectivity index (χ4n) is 1.16. The van der Waals surface area contributed by atoms with Gasteiger partial charge in [0, 0.05) is 0 Å². The van der Waals surface area contributed by atoms with Crippen molar-refractivity contribution >= 4 is 0 Å². The molecule has 0 saturated heterocycles. The Kier molecular flexibility index (Phi) is 4.23. The number of hydrogen-bond donors (Lipinski definition) is 1. The number of halogens is 5. The number of benzene rings is 1. The summed E-state index contributed by atoms with van der Waals surface area (Å²) in [4.78, 5) is 0. The smallest absolute Gasteiger partial charge is 0.308 e. The Labute approximate surface area is 89.3 Å². The molecule has 0 spiro atoms. The van der Waals surface area contributed by atoms with Crippen LogP contribution in [0.15, 0.2) is 18.2 Å². The molecular weight excluding hydrogens is 229 g/mol. The molecule has 90 valence electrons. The summed E-state index contributed by atoms with van der Waals surface area (Å²) < 4.78 is 60.4. The fourth-order valence-corrected chi connectivity index (χ4v) is 1.16. The molecule has 1 aromatic rings. The zero-order chi connectivity index (χ0) is 12.2. The van der Waals surface area contributed by atoms with Gasteiger partial charge in [0.15, 0.2) is 11.6 Å². The lowest BCUT2D eigenvalue weighted by Crippen LogP contribution is -2.30. The lowest BCUT2D eigenvalue weighted by Gasteiger charge is -2.08. The predicted octanol–water partition coefficient (Wildman–Crippen LogP) is 2.66. The maximum Gasteiger partial charge on any atom is 0.401 e. The van der Waals surface area contributed by atoms with Crippen LogP contribution in [0.3, 0.4) is 0 Å². The molecule has 1 rings (SSSR count). The van der Waals surface area contributed by atoms with Crippen LogP contribution < -0.4 is 5.32 Å². The SMILES string of the molecule is Fc1ccc(CCNCC(F)(F)F)cc1F. The second-order valence-electron chi connectivity index (χ2n) is 3.29. The van der Waals surface area contributed by atoms with E-state index in [0.717, 1.165) is 12.1 Å². The van der Waals surface area contributed by atoms with Crippen molar-refractivity contribution in [2.75, 3.05) is 13.1 Å². The third-order valence-corrected chi connectivity index (χ3v) is 1.90. The molecule has 0 unspecified atom stereocenters. The fraction of sp³-hybridized carbons (Fsp3) is 0.400. The van der Waals surface area contributed by atoms with Crippen molar-refractivity contribution in [2.24, 2.45) is 0 Å². The molecule has 0 fully saturated rings. The maximum absolute atomic E-state index is 12.7. The normalized spacial score (nSPS) is 11.8. The zero-order valence-electron chi connectivity index (χ0n) is 8.24. The largest absolute Gasteiger partial charge is 0.401 e. The van der Waals surface area contributed by atoms with Gasteiger partial charge in [-0.3, -0.25) is 0 Å². The molecule has 0 aliphatic carbocycles. The first-order chi connectivity index (χ1) is 7.38. The van der Waals surface area contributed by atoms with E-state index in [1.165, 1.54) is 6.07 Å². The molecule has 0 amide bonds. The monoisotopic (exact) mass is 239 g/mol. The van der Waals surface area contributed by atoms with Crippen molar-refractivity contribution in [3.8, 4) is 0 Å². The first kappa shape index (κ1) is 12.9. The van der Waals surface area contributed by atoms with Crippen LogP contribution >= 0.6 is 0 Å². The number of rotatable bonds is 4. The Morgan fingerprint density at radius 2 is 1.75 bits per heavy atom. The molecule has 0 aliphatic heterocycles. The molecule has 1 nitrogen and oxygen atoms in total. The van der Waals surface area contributed by atoms with Crippen LogP contribution in [0.4, 0.5) is 22.0 Å². The lowest BCUT2D eigenvalue weighted by molar-refractivity contribution is -0.124. The molecule has 6 heteroatoms. The van der Waals surface area contributed by atoms with E-state index in [-0.39, 0.29) is 13.0 Å². The molecule has 1 N–H and O–H groups in total. The van der Waals surface area contributed by atoms with Crippen LogP contribution in [0.2, 0.25) is 0 Å². The molecule has 0 atom stereocenters. The molecule has 0 saturated carbocycles. The van der Waals surface area contributed by atoms with Crippen LogP contribution in [-0.4, -0.2) is 19.3 Å². The molecule has 0 heterocycles. The minimum atomic E-state index is -4.26. The van der Waals surface area contributed by atoms with E-state index < -0.39 is 24.4 Å². The van der Waals surface area contributed by atoms with Gasteiger partial charge in [0.2, 0.25) is 0 Å². The van der Waals surface area contributed by atoms with E-state index in [2.05, 4.69) is 5.32 Å². The predicted molar refractivity (Wildman–Crippen MR) is 49.0 cm³/mol. The summed E-state index contributed by atoms with van der Waals surface area (Å²) >= 11 is 0. The summed E-state index contributed by atoms with van der Waals surface area (Å²) in [7, 11) is 0. The topological polar surface area (TPSA) is 12.0 Å². The van der Waals surface area contributed by atoms with Crippen LogP contribution in [0.25, 0.3) is 0 Å². The lowest BCUT2D eigenvalue weighted by atomic mass is 10.1. The highest BCUT2D eigenvalue weighted by molar-refractivity contribution is 5.17. The van der Waals surface area contributed by atoms with Gasteiger partial charge in [-0.1, -0.05) is 6.07 Å². The summed E-state index contributed by atoms with van der Waals surface area (Å²) in [6.45, 7) is -1.03. The average molecular weight is 239 g/mol. The van der Waals surface area contributed by atoms with Gasteiger partial charge >= 0.3 is 6.18 Å². The van der Waals surface area contributed by atoms with E-state index in [0.29, 0.717) is 5.56 Å². The van der Waals surface area contributed by atoms with Crippen molar-refractivity contribution in [3.05, 3.63) is 35.4 Å². The van der Waals surface area contributed by atoms with Crippen molar-refractivity contribution in [2.45, 2.75) is 12.6 Å². The van der Waals surface area contributed by atoms with E-state index in [4.69, 9.17) is 0 Å². The Hall–Kier alpha value is -1.17. The van der Waals surface area contributed by atoms with Gasteiger partial charge < -0.3 is 5.32 Å². The van der Waals surface area contributed by atoms with Crippen LogP contribution in [0.1, 0.15) is 5.56 Å². The van der Waals surface area contributed by atoms with Gasteiger partial charge in [0.25, 0.3) is 0 Å². The van der Waals surface area contributed by atoms with Gasteiger partial charge in [-0.15, -0.1) is 0 Å². The third-order valence-electron chi connectivity index (χ3n) is 1.90. The number of nitrogens with one attached hydrogen (secondary N) is 1. The van der Waals surface area contributed by atoms with Crippen molar-refractivity contribution in [1.82, 2.24) is 5.32 Å². The second-order valence-corrected chi connectivity index (χ2v) is 3.29. The van der Waals surface area contributed by atoms with E-state index in [9.17, 15) is 22.0 Å². The van der Waals surface area contributed by atoms with Crippen LogP contribution in [0, 0.1) is 11.6 Å². The summed E-state index contributed by atoms with van der Waals surface area (Å²) in [6, 6.07) is 3.27. The van der Waals surface area contributed by atoms with Gasteiger partial charge in [-0.2, -0.15) is 13.2 Å². The highest BCUT2D eigenvalue weighted by atomic mass is 19.4. The quantitative estimate of drug-likeness (QED) is 0.629. The number of alkyl halides is 3. The molecule has 0 radical (unpaired) electrons. The second kappa shape index (κ2) is 5.25. The highest BCUT2D eigenvalue weighted by Gasteiger charge is 2.25. The van der Waals surface area contributed by atoms with E-state index in [1.807, 2.05) is 0 Å². The summed E-state index contributed by atoms with van der Waals surface area (Å²) in [5, 5.41) is 2.17. The van der Waals surface area contributed by atoms with Crippen molar-refractivity contribution in [3.63, 3.8) is 0 Å². The van der Waals surface area contributed by atoms with Gasteiger partial charge in [0.05, 0.1) is 6.54 Å². The Morgan fingerprint density at radius 3 is 2.31 bits per heavy atom. The average Bonchev–Trinajstić information content (AvgIpc) is 2.17. The van der Waals surface area contributed by atoms with Gasteiger partial charge in [-0.05, 0) is 30.7 Å². The Balaban J connectivity index is 2.35. The minimum Gasteiger partial charge on any atom is -0.308 e. The molecule has 16 heavy (non-hydrogen) atoms. The minimum absolute atomic E-state index is 0.0601. The van der Waals surface area contributed by atoms with Crippen LogP contribution in [0.5, 0.6) is 0 Å². The van der Waals surface area contributed by atoms with Gasteiger partial charge in [0.1, 0.15) is 0 Å². The van der Waals surface area contributed by atoms with Crippen molar-refractivity contribution < 1.29 is 22.0 Å². The first-order valence-corrected chi connectivity index (χ1v) is 4.60. The first-order valence-electron chi connectivity index (χ1n) is 4.60. The third kappa shape index (κ3) is 4.57. The molecule has 1 aromatic carbocycles. The van der Waals surface area contributed by atoms with E-state index >= 15 is 0 Å². The van der Waals surface area contributed by atoms with Crippen molar-refractivity contribution in [1.29, 1.82) is 0 Å². The standard InChI is InChI=1S/C10H10F5N/c11-8-2-1-7(5-9(8)12)3-4-16-6-10(13,14)15/h1-2,5,16H,3-4,6H2. The summed E-state index contributed by atoms with van der Waals surface area (Å²) in [6.07, 6.45) is -4.04. The summed E-state index contributed by atoms with van der Waals surface area (Å²) in [5.74, 6) is -1.96.